The molecule has 0 heterocycles. The Hall–Kier alpha value is -2.04. The first-order chi connectivity index (χ1) is 9.61. The Balaban J connectivity index is 2.19. The average Bonchev–Trinajstić information content (AvgIpc) is 2.43. The molecule has 0 saturated heterocycles. The fourth-order valence-corrected chi connectivity index (χ4v) is 1.67. The number of hydrogen-bond donors (Lipinski definition) is 2. The third-order valence-electron chi connectivity index (χ3n) is 2.79. The zero-order valence-corrected chi connectivity index (χ0v) is 11.9. The van der Waals surface area contributed by atoms with E-state index < -0.39 is 0 Å². The van der Waals surface area contributed by atoms with Crippen molar-refractivity contribution in [3.05, 3.63) is 29.8 Å². The lowest BCUT2D eigenvalue weighted by atomic mass is 10.1. The number of rotatable bonds is 8. The fourth-order valence-electron chi connectivity index (χ4n) is 1.67. The number of esters is 1. The summed E-state index contributed by atoms with van der Waals surface area (Å²) in [5.74, 6) is -0.631. The van der Waals surface area contributed by atoms with Gasteiger partial charge in [0.1, 0.15) is 0 Å². The molecule has 0 unspecified atom stereocenters. The highest BCUT2D eigenvalue weighted by molar-refractivity contribution is 5.80. The van der Waals surface area contributed by atoms with Gasteiger partial charge in [-0.15, -0.1) is 0 Å². The van der Waals surface area contributed by atoms with Crippen molar-refractivity contribution in [2.24, 2.45) is 0 Å². The Morgan fingerprint density at radius 2 is 2.15 bits per heavy atom. The molecule has 3 N–H and O–H groups in total. The van der Waals surface area contributed by atoms with Crippen LogP contribution in [-0.2, 0) is 20.7 Å². The molecular formula is C15H22N2O3. The number of nitrogen functional groups attached to an aromatic ring is 1. The Morgan fingerprint density at radius 1 is 1.35 bits per heavy atom. The van der Waals surface area contributed by atoms with Gasteiger partial charge in [-0.2, -0.15) is 0 Å². The number of nitrogens with one attached hydrogen (secondary N) is 1. The Morgan fingerprint density at radius 3 is 2.85 bits per heavy atom. The van der Waals surface area contributed by atoms with E-state index in [2.05, 4.69) is 5.32 Å². The number of nitrogens with two attached hydrogens (primary N) is 1. The number of ether oxygens (including phenoxy) is 1. The molecule has 0 aliphatic heterocycles. The summed E-state index contributed by atoms with van der Waals surface area (Å²) in [4.78, 5) is 22.8. The smallest absolute Gasteiger partial charge is 0.306 e. The lowest BCUT2D eigenvalue weighted by Crippen LogP contribution is -2.29. The Bertz CT molecular complexity index is 446. The Kier molecular flexibility index (Phi) is 7.17. The molecule has 1 amide bonds. The van der Waals surface area contributed by atoms with Crippen LogP contribution in [0.5, 0.6) is 0 Å². The molecule has 0 saturated carbocycles. The van der Waals surface area contributed by atoms with Crippen molar-refractivity contribution in [2.45, 2.75) is 32.6 Å². The largest absolute Gasteiger partial charge is 0.456 e. The normalized spacial score (nSPS) is 10.1. The number of carbonyl (C=O) groups excluding carboxylic acids is 2. The molecule has 1 rings (SSSR count). The average molecular weight is 278 g/mol. The van der Waals surface area contributed by atoms with E-state index in [1.165, 1.54) is 0 Å². The van der Waals surface area contributed by atoms with Crippen LogP contribution in [0, 0.1) is 0 Å². The predicted molar refractivity (Wildman–Crippen MR) is 78.1 cm³/mol. The van der Waals surface area contributed by atoms with Crippen LogP contribution in [0.2, 0.25) is 0 Å². The number of unbranched alkanes of at least 4 members (excludes halogenated alkanes) is 1. The maximum absolute atomic E-state index is 11.5. The van der Waals surface area contributed by atoms with Crippen molar-refractivity contribution in [3.63, 3.8) is 0 Å². The molecular weight excluding hydrogens is 256 g/mol. The van der Waals surface area contributed by atoms with E-state index >= 15 is 0 Å². The van der Waals surface area contributed by atoms with Crippen LogP contribution in [0.25, 0.3) is 0 Å². The van der Waals surface area contributed by atoms with E-state index in [-0.39, 0.29) is 24.9 Å². The molecule has 5 heteroatoms. The van der Waals surface area contributed by atoms with Crippen molar-refractivity contribution >= 4 is 17.6 Å². The standard InChI is InChI=1S/C15H22N2O3/c1-2-3-9-17-14(18)11-20-15(19)8-7-12-5-4-6-13(16)10-12/h4-6,10H,2-3,7-9,11,16H2,1H3,(H,17,18). The molecule has 0 aliphatic carbocycles. The van der Waals surface area contributed by atoms with E-state index in [0.717, 1.165) is 18.4 Å². The highest BCUT2D eigenvalue weighted by Crippen LogP contribution is 2.09. The molecule has 0 radical (unpaired) electrons. The summed E-state index contributed by atoms with van der Waals surface area (Å²) in [6.07, 6.45) is 2.74. The summed E-state index contributed by atoms with van der Waals surface area (Å²) in [6, 6.07) is 7.37. The van der Waals surface area contributed by atoms with E-state index in [0.29, 0.717) is 18.7 Å². The zero-order valence-electron chi connectivity index (χ0n) is 11.9. The van der Waals surface area contributed by atoms with Crippen molar-refractivity contribution in [1.29, 1.82) is 0 Å². The summed E-state index contributed by atoms with van der Waals surface area (Å²) >= 11 is 0. The number of anilines is 1. The molecule has 110 valence electrons. The van der Waals surface area contributed by atoms with E-state index in [9.17, 15) is 9.59 Å². The van der Waals surface area contributed by atoms with E-state index in [1.807, 2.05) is 25.1 Å². The summed E-state index contributed by atoms with van der Waals surface area (Å²) in [7, 11) is 0. The van der Waals surface area contributed by atoms with Crippen LogP contribution < -0.4 is 11.1 Å². The third-order valence-corrected chi connectivity index (χ3v) is 2.79. The summed E-state index contributed by atoms with van der Waals surface area (Å²) in [5.41, 5.74) is 7.31. The molecule has 20 heavy (non-hydrogen) atoms. The molecule has 0 fully saturated rings. The van der Waals surface area contributed by atoms with Crippen molar-refractivity contribution < 1.29 is 14.3 Å². The zero-order chi connectivity index (χ0) is 14.8. The quantitative estimate of drug-likeness (QED) is 0.430. The predicted octanol–water partition coefficient (Wildman–Crippen LogP) is 1.66. The van der Waals surface area contributed by atoms with Crippen molar-refractivity contribution in [2.75, 3.05) is 18.9 Å². The maximum Gasteiger partial charge on any atom is 0.306 e. The molecule has 0 bridgehead atoms. The second-order valence-electron chi connectivity index (χ2n) is 4.61. The minimum atomic E-state index is -0.377. The van der Waals surface area contributed by atoms with Crippen LogP contribution in [0.15, 0.2) is 24.3 Å². The van der Waals surface area contributed by atoms with Crippen LogP contribution in [0.3, 0.4) is 0 Å². The molecule has 0 spiro atoms. The van der Waals surface area contributed by atoms with Crippen molar-refractivity contribution in [1.82, 2.24) is 5.32 Å². The number of aryl methyl sites for hydroxylation is 1. The highest BCUT2D eigenvalue weighted by atomic mass is 16.5. The number of amides is 1. The van der Waals surface area contributed by atoms with Gasteiger partial charge >= 0.3 is 5.97 Å². The molecule has 1 aromatic carbocycles. The monoisotopic (exact) mass is 278 g/mol. The van der Waals surface area contributed by atoms with Gasteiger partial charge in [0, 0.05) is 18.7 Å². The number of benzene rings is 1. The van der Waals surface area contributed by atoms with E-state index in [1.54, 1.807) is 6.07 Å². The van der Waals surface area contributed by atoms with Gasteiger partial charge < -0.3 is 15.8 Å². The lowest BCUT2D eigenvalue weighted by molar-refractivity contribution is -0.148. The molecule has 0 atom stereocenters. The summed E-state index contributed by atoms with van der Waals surface area (Å²) < 4.78 is 4.90. The lowest BCUT2D eigenvalue weighted by Gasteiger charge is -2.06. The third kappa shape index (κ3) is 6.78. The highest BCUT2D eigenvalue weighted by Gasteiger charge is 2.07. The first-order valence-electron chi connectivity index (χ1n) is 6.88. The van der Waals surface area contributed by atoms with Crippen LogP contribution >= 0.6 is 0 Å². The summed E-state index contributed by atoms with van der Waals surface area (Å²) in [6.45, 7) is 2.46. The van der Waals surface area contributed by atoms with Gasteiger partial charge in [0.05, 0.1) is 0 Å². The maximum atomic E-state index is 11.5. The van der Waals surface area contributed by atoms with Gasteiger partial charge in [0.15, 0.2) is 6.61 Å². The molecule has 0 aliphatic rings. The summed E-state index contributed by atoms with van der Waals surface area (Å²) in [5, 5.41) is 2.69. The number of hydrogen-bond acceptors (Lipinski definition) is 4. The number of carbonyl (C=O) groups is 2. The van der Waals surface area contributed by atoms with Gasteiger partial charge in [-0.05, 0) is 30.5 Å². The molecule has 5 nitrogen and oxygen atoms in total. The minimum Gasteiger partial charge on any atom is -0.456 e. The molecule has 1 aromatic rings. The second-order valence-corrected chi connectivity index (χ2v) is 4.61. The fraction of sp³-hybridized carbons (Fsp3) is 0.467. The van der Waals surface area contributed by atoms with Gasteiger partial charge in [0.2, 0.25) is 0 Å². The first-order valence-corrected chi connectivity index (χ1v) is 6.88. The van der Waals surface area contributed by atoms with Crippen LogP contribution in [-0.4, -0.2) is 25.0 Å². The van der Waals surface area contributed by atoms with Gasteiger partial charge in [0.25, 0.3) is 5.91 Å². The topological polar surface area (TPSA) is 81.4 Å². The Labute approximate surface area is 119 Å². The van der Waals surface area contributed by atoms with Gasteiger partial charge in [-0.1, -0.05) is 25.5 Å². The SMILES string of the molecule is CCCCNC(=O)COC(=O)CCc1cccc(N)c1. The molecule has 0 aromatic heterocycles. The minimum absolute atomic E-state index is 0.209. The van der Waals surface area contributed by atoms with Gasteiger partial charge in [-0.25, -0.2) is 0 Å². The van der Waals surface area contributed by atoms with Crippen LogP contribution in [0.4, 0.5) is 5.69 Å². The van der Waals surface area contributed by atoms with Crippen molar-refractivity contribution in [3.8, 4) is 0 Å². The van der Waals surface area contributed by atoms with E-state index in [4.69, 9.17) is 10.5 Å². The first kappa shape index (κ1) is 16.0. The van der Waals surface area contributed by atoms with Crippen LogP contribution in [0.1, 0.15) is 31.7 Å². The second kappa shape index (κ2) is 8.96. The van der Waals surface area contributed by atoms with Gasteiger partial charge in [-0.3, -0.25) is 9.59 Å².